The Morgan fingerprint density at radius 3 is 2.65 bits per heavy atom. The molecule has 0 aliphatic carbocycles. The molecule has 0 spiro atoms. The van der Waals surface area contributed by atoms with Gasteiger partial charge in [-0.1, -0.05) is 31.9 Å². The highest BCUT2D eigenvalue weighted by Gasteiger charge is 2.28. The number of aromatic nitrogens is 1. The van der Waals surface area contributed by atoms with Crippen molar-refractivity contribution in [2.75, 3.05) is 12.3 Å². The highest BCUT2D eigenvalue weighted by Crippen LogP contribution is 2.34. The first-order chi connectivity index (χ1) is 10.9. The van der Waals surface area contributed by atoms with Crippen molar-refractivity contribution in [2.24, 2.45) is 0 Å². The molecule has 0 radical (unpaired) electrons. The zero-order valence-corrected chi connectivity index (χ0v) is 13.5. The summed E-state index contributed by atoms with van der Waals surface area (Å²) < 4.78 is 27.1. The maximum Gasteiger partial charge on any atom is 0.304 e. The van der Waals surface area contributed by atoms with Crippen molar-refractivity contribution in [3.8, 4) is 0 Å². The van der Waals surface area contributed by atoms with Crippen LogP contribution in [0.2, 0.25) is 0 Å². The second-order valence-corrected chi connectivity index (χ2v) is 6.74. The number of sulfonamides is 1. The number of nitrogens with zero attached hydrogens (tertiary/aromatic N) is 2. The van der Waals surface area contributed by atoms with Crippen molar-refractivity contribution in [2.45, 2.75) is 31.2 Å². The minimum atomic E-state index is -4.01. The molecule has 0 saturated carbocycles. The molecule has 8 nitrogen and oxygen atoms in total. The van der Waals surface area contributed by atoms with E-state index in [1.54, 1.807) is 12.1 Å². The smallest absolute Gasteiger partial charge is 0.304 e. The first-order valence-electron chi connectivity index (χ1n) is 7.20. The predicted octanol–water partition coefficient (Wildman–Crippen LogP) is 2.19. The third-order valence-electron chi connectivity index (χ3n) is 3.38. The Morgan fingerprint density at radius 2 is 2.00 bits per heavy atom. The molecule has 0 bridgehead atoms. The fourth-order valence-corrected chi connectivity index (χ4v) is 3.39. The van der Waals surface area contributed by atoms with Crippen LogP contribution in [0.3, 0.4) is 0 Å². The Balaban J connectivity index is 2.52. The van der Waals surface area contributed by atoms with E-state index < -0.39 is 31.3 Å². The Kier molecular flexibility index (Phi) is 5.12. The standard InChI is InChI=1S/C14H18N4O4S/c1-2-3-6-9-16-23(21,22)14-12(15)13(18(19)20)10-7-4-5-8-11(10)17-14/h4-5,7-8,16H,2-3,6,9,15H2,1H3. The quantitative estimate of drug-likeness (QED) is 0.452. The van der Waals surface area contributed by atoms with Crippen LogP contribution in [0.25, 0.3) is 10.9 Å². The van der Waals surface area contributed by atoms with Crippen LogP contribution in [-0.4, -0.2) is 24.9 Å². The number of nitrogens with two attached hydrogens (primary N) is 1. The second kappa shape index (κ2) is 6.88. The molecule has 0 amide bonds. The maximum atomic E-state index is 12.4. The molecule has 0 fully saturated rings. The molecule has 23 heavy (non-hydrogen) atoms. The van der Waals surface area contributed by atoms with E-state index in [9.17, 15) is 18.5 Å². The Morgan fingerprint density at radius 1 is 1.30 bits per heavy atom. The van der Waals surface area contributed by atoms with Gasteiger partial charge >= 0.3 is 5.69 Å². The van der Waals surface area contributed by atoms with E-state index in [1.165, 1.54) is 12.1 Å². The van der Waals surface area contributed by atoms with Crippen LogP contribution in [0.4, 0.5) is 11.4 Å². The minimum Gasteiger partial charge on any atom is -0.391 e. The maximum absolute atomic E-state index is 12.4. The van der Waals surface area contributed by atoms with Gasteiger partial charge in [0.15, 0.2) is 5.69 Å². The number of fused-ring (bicyclic) bond motifs is 1. The van der Waals surface area contributed by atoms with E-state index in [4.69, 9.17) is 5.73 Å². The summed E-state index contributed by atoms with van der Waals surface area (Å²) in [6.45, 7) is 2.23. The molecular formula is C14H18N4O4S. The number of nitro groups is 1. The van der Waals surface area contributed by atoms with Gasteiger partial charge in [-0.3, -0.25) is 10.1 Å². The van der Waals surface area contributed by atoms with Crippen molar-refractivity contribution in [3.05, 3.63) is 34.4 Å². The minimum absolute atomic E-state index is 0.208. The summed E-state index contributed by atoms with van der Waals surface area (Å²) in [5.74, 6) is 0. The zero-order valence-electron chi connectivity index (χ0n) is 12.7. The van der Waals surface area contributed by atoms with E-state index in [2.05, 4.69) is 9.71 Å². The van der Waals surface area contributed by atoms with Crippen LogP contribution in [0, 0.1) is 10.1 Å². The zero-order chi connectivity index (χ0) is 17.0. The molecule has 2 aromatic rings. The van der Waals surface area contributed by atoms with Crippen LogP contribution in [-0.2, 0) is 10.0 Å². The molecule has 124 valence electrons. The van der Waals surface area contributed by atoms with Crippen molar-refractivity contribution in [1.82, 2.24) is 9.71 Å². The van der Waals surface area contributed by atoms with Crippen LogP contribution in [0.1, 0.15) is 26.2 Å². The fraction of sp³-hybridized carbons (Fsp3) is 0.357. The molecule has 2 rings (SSSR count). The van der Waals surface area contributed by atoms with Gasteiger partial charge in [-0.25, -0.2) is 18.1 Å². The van der Waals surface area contributed by atoms with Gasteiger partial charge in [0.1, 0.15) is 0 Å². The van der Waals surface area contributed by atoms with E-state index in [0.29, 0.717) is 6.42 Å². The molecule has 0 unspecified atom stereocenters. The predicted molar refractivity (Wildman–Crippen MR) is 87.5 cm³/mol. The van der Waals surface area contributed by atoms with Gasteiger partial charge in [-0.05, 0) is 18.6 Å². The summed E-state index contributed by atoms with van der Waals surface area (Å²) in [4.78, 5) is 14.6. The summed E-state index contributed by atoms with van der Waals surface area (Å²) in [5, 5.41) is 11.0. The normalized spacial score (nSPS) is 11.7. The number of anilines is 1. The number of rotatable bonds is 7. The SMILES string of the molecule is CCCCCNS(=O)(=O)c1nc2ccccc2c([N+](=O)[O-])c1N. The Bertz CT molecular complexity index is 836. The first kappa shape index (κ1) is 17.1. The molecule has 1 aromatic carbocycles. The van der Waals surface area contributed by atoms with Crippen LogP contribution in [0.5, 0.6) is 0 Å². The van der Waals surface area contributed by atoms with Crippen molar-refractivity contribution in [1.29, 1.82) is 0 Å². The van der Waals surface area contributed by atoms with Gasteiger partial charge in [0.05, 0.1) is 15.8 Å². The number of nitrogens with one attached hydrogen (secondary N) is 1. The summed E-state index contributed by atoms with van der Waals surface area (Å²) >= 11 is 0. The highest BCUT2D eigenvalue weighted by molar-refractivity contribution is 7.89. The number of pyridine rings is 1. The van der Waals surface area contributed by atoms with Crippen molar-refractivity contribution in [3.63, 3.8) is 0 Å². The molecule has 9 heteroatoms. The van der Waals surface area contributed by atoms with Gasteiger partial charge in [-0.15, -0.1) is 0 Å². The molecule has 1 aromatic heterocycles. The van der Waals surface area contributed by atoms with Crippen LogP contribution >= 0.6 is 0 Å². The van der Waals surface area contributed by atoms with E-state index in [-0.39, 0.29) is 17.4 Å². The lowest BCUT2D eigenvalue weighted by atomic mass is 10.2. The van der Waals surface area contributed by atoms with Gasteiger partial charge in [-0.2, -0.15) is 0 Å². The lowest BCUT2D eigenvalue weighted by Crippen LogP contribution is -2.27. The van der Waals surface area contributed by atoms with Gasteiger partial charge in [0.2, 0.25) is 5.03 Å². The van der Waals surface area contributed by atoms with Crippen molar-refractivity contribution >= 4 is 32.3 Å². The number of benzene rings is 1. The number of nitrogen functional groups attached to an aromatic ring is 1. The molecular weight excluding hydrogens is 320 g/mol. The average molecular weight is 338 g/mol. The second-order valence-electron chi connectivity index (χ2n) is 5.06. The monoisotopic (exact) mass is 338 g/mol. The Hall–Kier alpha value is -2.26. The lowest BCUT2D eigenvalue weighted by molar-refractivity contribution is -0.382. The van der Waals surface area contributed by atoms with E-state index >= 15 is 0 Å². The van der Waals surface area contributed by atoms with E-state index in [0.717, 1.165) is 12.8 Å². The summed E-state index contributed by atoms with van der Waals surface area (Å²) in [6, 6.07) is 6.23. The largest absolute Gasteiger partial charge is 0.391 e. The number of hydrogen-bond acceptors (Lipinski definition) is 6. The van der Waals surface area contributed by atoms with Gasteiger partial charge < -0.3 is 5.73 Å². The molecule has 0 atom stereocenters. The lowest BCUT2D eigenvalue weighted by Gasteiger charge is -2.10. The Labute approximate surface area is 133 Å². The first-order valence-corrected chi connectivity index (χ1v) is 8.69. The average Bonchev–Trinajstić information content (AvgIpc) is 2.50. The van der Waals surface area contributed by atoms with Crippen LogP contribution in [0.15, 0.2) is 29.3 Å². The topological polar surface area (TPSA) is 128 Å². The number of hydrogen-bond donors (Lipinski definition) is 2. The van der Waals surface area contributed by atoms with Gasteiger partial charge in [0, 0.05) is 6.54 Å². The molecule has 0 aliphatic heterocycles. The van der Waals surface area contributed by atoms with Crippen molar-refractivity contribution < 1.29 is 13.3 Å². The third kappa shape index (κ3) is 3.57. The molecule has 3 N–H and O–H groups in total. The fourth-order valence-electron chi connectivity index (χ4n) is 2.24. The number of unbranched alkanes of at least 4 members (excludes halogenated alkanes) is 2. The molecule has 0 saturated heterocycles. The number of para-hydroxylation sites is 1. The third-order valence-corrected chi connectivity index (χ3v) is 4.78. The summed E-state index contributed by atoms with van der Waals surface area (Å²) in [7, 11) is -4.01. The summed E-state index contributed by atoms with van der Waals surface area (Å²) in [5.41, 5.74) is 5.07. The van der Waals surface area contributed by atoms with E-state index in [1.807, 2.05) is 6.92 Å². The van der Waals surface area contributed by atoms with Gasteiger partial charge in [0.25, 0.3) is 10.0 Å². The van der Waals surface area contributed by atoms with Crippen LogP contribution < -0.4 is 10.5 Å². The summed E-state index contributed by atoms with van der Waals surface area (Å²) in [6.07, 6.45) is 2.50. The molecule has 0 aliphatic rings. The molecule has 1 heterocycles. The highest BCUT2D eigenvalue weighted by atomic mass is 32.2.